The van der Waals surface area contributed by atoms with Crippen LogP contribution >= 0.6 is 0 Å². The predicted molar refractivity (Wildman–Crippen MR) is 74.1 cm³/mol. The minimum atomic E-state index is -0.199. The van der Waals surface area contributed by atoms with Gasteiger partial charge in [-0.2, -0.15) is 0 Å². The molecule has 18 heavy (non-hydrogen) atoms. The van der Waals surface area contributed by atoms with Crippen molar-refractivity contribution >= 4 is 5.69 Å². The van der Waals surface area contributed by atoms with Crippen LogP contribution in [0.3, 0.4) is 0 Å². The van der Waals surface area contributed by atoms with Gasteiger partial charge in [-0.1, -0.05) is 32.3 Å². The molecule has 3 heteroatoms. The second-order valence-corrected chi connectivity index (χ2v) is 5.49. The maximum Gasteiger partial charge on any atom is 0.125 e. The van der Waals surface area contributed by atoms with Crippen molar-refractivity contribution in [3.05, 3.63) is 30.1 Å². The summed E-state index contributed by atoms with van der Waals surface area (Å²) in [7, 11) is 0. The molecule has 1 saturated carbocycles. The highest BCUT2D eigenvalue weighted by atomic mass is 19.1. The molecule has 3 N–H and O–H groups in total. The highest BCUT2D eigenvalue weighted by Gasteiger charge is 2.34. The topological polar surface area (TPSA) is 38.0 Å². The van der Waals surface area contributed by atoms with E-state index < -0.39 is 0 Å². The van der Waals surface area contributed by atoms with Crippen molar-refractivity contribution in [1.82, 2.24) is 0 Å². The number of hydrogen-bond donors (Lipinski definition) is 2. The molecule has 2 unspecified atom stereocenters. The van der Waals surface area contributed by atoms with Gasteiger partial charge < -0.3 is 11.1 Å². The van der Waals surface area contributed by atoms with Gasteiger partial charge in [0.2, 0.25) is 0 Å². The molecule has 0 aromatic heterocycles. The van der Waals surface area contributed by atoms with Gasteiger partial charge in [0.25, 0.3) is 0 Å². The molecule has 2 atom stereocenters. The Hall–Kier alpha value is -1.09. The second kappa shape index (κ2) is 5.70. The monoisotopic (exact) mass is 250 g/mol. The van der Waals surface area contributed by atoms with Crippen LogP contribution in [-0.2, 0) is 0 Å². The number of rotatable bonds is 4. The van der Waals surface area contributed by atoms with Crippen molar-refractivity contribution in [2.24, 2.45) is 11.7 Å². The summed E-state index contributed by atoms with van der Waals surface area (Å²) >= 11 is 0. The molecule has 1 aliphatic carbocycles. The molecule has 100 valence electrons. The van der Waals surface area contributed by atoms with Gasteiger partial charge in [-0.05, 0) is 37.0 Å². The van der Waals surface area contributed by atoms with E-state index in [1.807, 2.05) is 6.07 Å². The SMILES string of the molecule is CCC1CCCC(CN)(Nc2cccc(F)c2)C1. The smallest absolute Gasteiger partial charge is 0.125 e. The number of benzene rings is 1. The van der Waals surface area contributed by atoms with Gasteiger partial charge in [0.05, 0.1) is 0 Å². The van der Waals surface area contributed by atoms with Crippen LogP contribution in [0.5, 0.6) is 0 Å². The zero-order valence-electron chi connectivity index (χ0n) is 11.1. The zero-order valence-corrected chi connectivity index (χ0v) is 11.1. The van der Waals surface area contributed by atoms with E-state index in [1.54, 1.807) is 12.1 Å². The van der Waals surface area contributed by atoms with Crippen LogP contribution in [0.4, 0.5) is 10.1 Å². The Bertz CT molecular complexity index is 394. The van der Waals surface area contributed by atoms with Crippen LogP contribution < -0.4 is 11.1 Å². The molecule has 1 aromatic carbocycles. The minimum absolute atomic E-state index is 0.0489. The molecule has 2 nitrogen and oxygen atoms in total. The van der Waals surface area contributed by atoms with E-state index >= 15 is 0 Å². The molecule has 0 saturated heterocycles. The highest BCUT2D eigenvalue weighted by Crippen LogP contribution is 2.36. The van der Waals surface area contributed by atoms with Gasteiger partial charge in [-0.25, -0.2) is 4.39 Å². The summed E-state index contributed by atoms with van der Waals surface area (Å²) in [5.74, 6) is 0.540. The maximum atomic E-state index is 13.2. The highest BCUT2D eigenvalue weighted by molar-refractivity contribution is 5.46. The van der Waals surface area contributed by atoms with Gasteiger partial charge in [-0.3, -0.25) is 0 Å². The molecular weight excluding hydrogens is 227 g/mol. The third kappa shape index (κ3) is 3.02. The lowest BCUT2D eigenvalue weighted by Gasteiger charge is -2.41. The fourth-order valence-corrected chi connectivity index (χ4v) is 3.06. The van der Waals surface area contributed by atoms with E-state index in [0.29, 0.717) is 6.54 Å². The average molecular weight is 250 g/mol. The Morgan fingerprint density at radius 2 is 2.33 bits per heavy atom. The zero-order chi connectivity index (χ0) is 13.0. The number of halogens is 1. The second-order valence-electron chi connectivity index (χ2n) is 5.49. The van der Waals surface area contributed by atoms with Crippen LogP contribution in [0.2, 0.25) is 0 Å². The Morgan fingerprint density at radius 1 is 1.50 bits per heavy atom. The predicted octanol–water partition coefficient (Wildman–Crippen LogP) is 3.54. The largest absolute Gasteiger partial charge is 0.378 e. The third-order valence-corrected chi connectivity index (χ3v) is 4.15. The first-order valence-corrected chi connectivity index (χ1v) is 6.91. The van der Waals surface area contributed by atoms with Crippen LogP contribution in [0.25, 0.3) is 0 Å². The number of nitrogens with two attached hydrogens (primary N) is 1. The van der Waals surface area contributed by atoms with Crippen LogP contribution in [0, 0.1) is 11.7 Å². The molecule has 0 heterocycles. The summed E-state index contributed by atoms with van der Waals surface area (Å²) in [6, 6.07) is 6.67. The van der Waals surface area contributed by atoms with E-state index in [0.717, 1.165) is 24.4 Å². The first-order chi connectivity index (χ1) is 8.67. The van der Waals surface area contributed by atoms with Gasteiger partial charge in [0, 0.05) is 17.8 Å². The average Bonchev–Trinajstić information content (AvgIpc) is 2.39. The van der Waals surface area contributed by atoms with Crippen LogP contribution in [0.15, 0.2) is 24.3 Å². The Kier molecular flexibility index (Phi) is 4.23. The molecule has 1 fully saturated rings. The lowest BCUT2D eigenvalue weighted by molar-refractivity contribution is 0.244. The third-order valence-electron chi connectivity index (χ3n) is 4.15. The molecular formula is C15H23FN2. The molecule has 1 aromatic rings. The summed E-state index contributed by atoms with van der Waals surface area (Å²) in [6.07, 6.45) is 5.88. The Morgan fingerprint density at radius 3 is 3.00 bits per heavy atom. The van der Waals surface area contributed by atoms with Gasteiger partial charge in [0.1, 0.15) is 5.82 Å². The fourth-order valence-electron chi connectivity index (χ4n) is 3.06. The molecule has 2 rings (SSSR count). The molecule has 0 aliphatic heterocycles. The van der Waals surface area contributed by atoms with Crippen molar-refractivity contribution in [3.8, 4) is 0 Å². The molecule has 0 spiro atoms. The number of nitrogens with one attached hydrogen (secondary N) is 1. The van der Waals surface area contributed by atoms with Crippen molar-refractivity contribution in [3.63, 3.8) is 0 Å². The van der Waals surface area contributed by atoms with Gasteiger partial charge >= 0.3 is 0 Å². The summed E-state index contributed by atoms with van der Waals surface area (Å²) in [6.45, 7) is 2.85. The van der Waals surface area contributed by atoms with E-state index in [9.17, 15) is 4.39 Å². The Labute approximate surface area is 109 Å². The number of anilines is 1. The molecule has 0 radical (unpaired) electrons. The summed E-state index contributed by atoms with van der Waals surface area (Å²) in [5, 5.41) is 3.48. The van der Waals surface area contributed by atoms with E-state index in [4.69, 9.17) is 5.73 Å². The van der Waals surface area contributed by atoms with E-state index in [1.165, 1.54) is 25.3 Å². The van der Waals surface area contributed by atoms with Crippen molar-refractivity contribution in [2.75, 3.05) is 11.9 Å². The lowest BCUT2D eigenvalue weighted by Crippen LogP contribution is -2.49. The summed E-state index contributed by atoms with van der Waals surface area (Å²) < 4.78 is 13.2. The van der Waals surface area contributed by atoms with Crippen molar-refractivity contribution in [2.45, 2.75) is 44.6 Å². The van der Waals surface area contributed by atoms with Crippen LogP contribution in [-0.4, -0.2) is 12.1 Å². The number of hydrogen-bond acceptors (Lipinski definition) is 2. The first-order valence-electron chi connectivity index (χ1n) is 6.91. The van der Waals surface area contributed by atoms with Gasteiger partial charge in [0.15, 0.2) is 0 Å². The minimum Gasteiger partial charge on any atom is -0.378 e. The maximum absolute atomic E-state index is 13.2. The molecule has 0 amide bonds. The quantitative estimate of drug-likeness (QED) is 0.857. The summed E-state index contributed by atoms with van der Waals surface area (Å²) in [4.78, 5) is 0. The lowest BCUT2D eigenvalue weighted by atomic mass is 9.74. The van der Waals surface area contributed by atoms with Crippen molar-refractivity contribution in [1.29, 1.82) is 0 Å². The molecule has 0 bridgehead atoms. The Balaban J connectivity index is 2.12. The summed E-state index contributed by atoms with van der Waals surface area (Å²) in [5.41, 5.74) is 6.78. The molecule has 1 aliphatic rings. The van der Waals surface area contributed by atoms with E-state index in [2.05, 4.69) is 12.2 Å². The fraction of sp³-hybridized carbons (Fsp3) is 0.600. The van der Waals surface area contributed by atoms with E-state index in [-0.39, 0.29) is 11.4 Å². The first kappa shape index (κ1) is 13.3. The normalized spacial score (nSPS) is 28.1. The van der Waals surface area contributed by atoms with Crippen LogP contribution in [0.1, 0.15) is 39.0 Å². The van der Waals surface area contributed by atoms with Gasteiger partial charge in [-0.15, -0.1) is 0 Å². The standard InChI is InChI=1S/C15H23FN2/c1-2-12-5-4-8-15(10-12,11-17)18-14-7-3-6-13(16)9-14/h3,6-7,9,12,18H,2,4-5,8,10-11,17H2,1H3. The van der Waals surface area contributed by atoms with Crippen molar-refractivity contribution < 1.29 is 4.39 Å².